The Balaban J connectivity index is 1.98. The monoisotopic (exact) mass is 249 g/mol. The summed E-state index contributed by atoms with van der Waals surface area (Å²) in [4.78, 5) is 12.1. The summed E-state index contributed by atoms with van der Waals surface area (Å²) in [6.07, 6.45) is 4.28. The van der Waals surface area contributed by atoms with E-state index >= 15 is 0 Å². The van der Waals surface area contributed by atoms with E-state index in [9.17, 15) is 9.18 Å². The summed E-state index contributed by atoms with van der Waals surface area (Å²) in [6, 6.07) is 4.60. The van der Waals surface area contributed by atoms with Crippen molar-refractivity contribution in [3.05, 3.63) is 35.1 Å². The van der Waals surface area contributed by atoms with Gasteiger partial charge in [0, 0.05) is 12.8 Å². The lowest BCUT2D eigenvalue weighted by Gasteiger charge is -2.40. The summed E-state index contributed by atoms with van der Waals surface area (Å²) in [5.41, 5.74) is 7.59. The average molecular weight is 249 g/mol. The molecule has 1 fully saturated rings. The maximum atomic E-state index is 13.0. The molecule has 0 saturated heterocycles. The van der Waals surface area contributed by atoms with E-state index in [-0.39, 0.29) is 17.0 Å². The Bertz CT molecular complexity index is 446. The van der Waals surface area contributed by atoms with Gasteiger partial charge in [-0.1, -0.05) is 12.5 Å². The molecule has 2 rings (SSSR count). The van der Waals surface area contributed by atoms with Crippen LogP contribution in [0.25, 0.3) is 0 Å². The van der Waals surface area contributed by atoms with Crippen molar-refractivity contribution >= 4 is 5.78 Å². The summed E-state index contributed by atoms with van der Waals surface area (Å²) >= 11 is 0. The van der Waals surface area contributed by atoms with Gasteiger partial charge < -0.3 is 5.73 Å². The molecule has 0 aliphatic heterocycles. The predicted molar refractivity (Wildman–Crippen MR) is 69.8 cm³/mol. The van der Waals surface area contributed by atoms with Crippen LogP contribution in [0.4, 0.5) is 4.39 Å². The van der Waals surface area contributed by atoms with E-state index in [4.69, 9.17) is 5.73 Å². The van der Waals surface area contributed by atoms with Gasteiger partial charge in [0.2, 0.25) is 0 Å². The molecular weight excluding hydrogens is 229 g/mol. The fraction of sp³-hybridized carbons (Fsp3) is 0.533. The van der Waals surface area contributed by atoms with Gasteiger partial charge in [0.15, 0.2) is 0 Å². The Hall–Kier alpha value is -1.22. The van der Waals surface area contributed by atoms with Gasteiger partial charge in [-0.3, -0.25) is 4.79 Å². The van der Waals surface area contributed by atoms with Gasteiger partial charge in [0.1, 0.15) is 11.6 Å². The van der Waals surface area contributed by atoms with Gasteiger partial charge in [0.05, 0.1) is 0 Å². The van der Waals surface area contributed by atoms with Gasteiger partial charge >= 0.3 is 0 Å². The van der Waals surface area contributed by atoms with Crippen LogP contribution in [-0.2, 0) is 11.2 Å². The zero-order chi connectivity index (χ0) is 13.2. The van der Waals surface area contributed by atoms with Crippen molar-refractivity contribution in [1.82, 2.24) is 0 Å². The SMILES string of the molecule is Cc1cc(F)ccc1CC(=O)CC1(CN)CCC1. The summed E-state index contributed by atoms with van der Waals surface area (Å²) in [7, 11) is 0. The van der Waals surface area contributed by atoms with Crippen molar-refractivity contribution in [3.8, 4) is 0 Å². The Morgan fingerprint density at radius 3 is 2.67 bits per heavy atom. The first-order valence-electron chi connectivity index (χ1n) is 6.51. The second-order valence-electron chi connectivity index (χ2n) is 5.52. The Morgan fingerprint density at radius 2 is 2.17 bits per heavy atom. The molecule has 0 atom stereocenters. The highest BCUT2D eigenvalue weighted by Gasteiger charge is 2.37. The first kappa shape index (κ1) is 13.2. The van der Waals surface area contributed by atoms with Gasteiger partial charge in [-0.2, -0.15) is 0 Å². The Labute approximate surface area is 107 Å². The molecule has 0 amide bonds. The van der Waals surface area contributed by atoms with Gasteiger partial charge in [-0.05, 0) is 55.0 Å². The van der Waals surface area contributed by atoms with E-state index in [1.807, 2.05) is 6.92 Å². The maximum absolute atomic E-state index is 13.0. The minimum Gasteiger partial charge on any atom is -0.330 e. The van der Waals surface area contributed by atoms with Crippen LogP contribution in [0.3, 0.4) is 0 Å². The van der Waals surface area contributed by atoms with Crippen LogP contribution in [0.1, 0.15) is 36.8 Å². The minimum absolute atomic E-state index is 0.0605. The fourth-order valence-corrected chi connectivity index (χ4v) is 2.68. The molecule has 2 N–H and O–H groups in total. The maximum Gasteiger partial charge on any atom is 0.137 e. The molecule has 1 saturated carbocycles. The highest BCUT2D eigenvalue weighted by molar-refractivity contribution is 5.82. The van der Waals surface area contributed by atoms with E-state index in [0.29, 0.717) is 19.4 Å². The predicted octanol–water partition coefficient (Wildman–Crippen LogP) is 2.76. The molecule has 1 aliphatic rings. The van der Waals surface area contributed by atoms with Gasteiger partial charge in [-0.25, -0.2) is 4.39 Å². The van der Waals surface area contributed by atoms with E-state index < -0.39 is 0 Å². The molecule has 3 heteroatoms. The second-order valence-corrected chi connectivity index (χ2v) is 5.52. The van der Waals surface area contributed by atoms with E-state index in [1.165, 1.54) is 18.6 Å². The quantitative estimate of drug-likeness (QED) is 0.872. The van der Waals surface area contributed by atoms with Crippen molar-refractivity contribution in [2.75, 3.05) is 6.54 Å². The standard InChI is InChI=1S/C15H20FNO/c1-11-7-13(16)4-3-12(11)8-14(18)9-15(10-17)5-2-6-15/h3-4,7H,2,5-6,8-10,17H2,1H3. The summed E-state index contributed by atoms with van der Waals surface area (Å²) < 4.78 is 13.0. The summed E-state index contributed by atoms with van der Waals surface area (Å²) in [6.45, 7) is 2.44. The Kier molecular flexibility index (Phi) is 3.81. The van der Waals surface area contributed by atoms with E-state index in [0.717, 1.165) is 24.0 Å². The third kappa shape index (κ3) is 2.78. The summed E-state index contributed by atoms with van der Waals surface area (Å²) in [5, 5.41) is 0. The third-order valence-electron chi connectivity index (χ3n) is 4.11. The third-order valence-corrected chi connectivity index (χ3v) is 4.11. The number of hydrogen-bond acceptors (Lipinski definition) is 2. The zero-order valence-electron chi connectivity index (χ0n) is 10.8. The first-order chi connectivity index (χ1) is 8.54. The van der Waals surface area contributed by atoms with Crippen LogP contribution in [0.2, 0.25) is 0 Å². The normalized spacial score (nSPS) is 17.3. The van der Waals surface area contributed by atoms with Crippen LogP contribution in [0.5, 0.6) is 0 Å². The molecule has 0 heterocycles. The van der Waals surface area contributed by atoms with Crippen molar-refractivity contribution < 1.29 is 9.18 Å². The van der Waals surface area contributed by atoms with Crippen molar-refractivity contribution in [1.29, 1.82) is 0 Å². The lowest BCUT2D eigenvalue weighted by molar-refractivity contribution is -0.122. The number of ketones is 1. The summed E-state index contributed by atoms with van der Waals surface area (Å²) in [5.74, 6) is -0.0315. The minimum atomic E-state index is -0.249. The van der Waals surface area contributed by atoms with Crippen molar-refractivity contribution in [2.24, 2.45) is 11.1 Å². The van der Waals surface area contributed by atoms with Gasteiger partial charge in [-0.15, -0.1) is 0 Å². The number of rotatable bonds is 5. The van der Waals surface area contributed by atoms with Crippen LogP contribution >= 0.6 is 0 Å². The number of carbonyl (C=O) groups is 1. The largest absolute Gasteiger partial charge is 0.330 e. The van der Waals surface area contributed by atoms with Gasteiger partial charge in [0.25, 0.3) is 0 Å². The lowest BCUT2D eigenvalue weighted by atomic mass is 9.65. The topological polar surface area (TPSA) is 43.1 Å². The molecule has 1 aromatic carbocycles. The first-order valence-corrected chi connectivity index (χ1v) is 6.51. The fourth-order valence-electron chi connectivity index (χ4n) is 2.68. The molecular formula is C15H20FNO. The molecule has 0 unspecified atom stereocenters. The number of hydrogen-bond donors (Lipinski definition) is 1. The van der Waals surface area contributed by atoms with Crippen LogP contribution < -0.4 is 5.73 Å². The van der Waals surface area contributed by atoms with E-state index in [2.05, 4.69) is 0 Å². The molecule has 0 bridgehead atoms. The zero-order valence-corrected chi connectivity index (χ0v) is 10.8. The highest BCUT2D eigenvalue weighted by atomic mass is 19.1. The van der Waals surface area contributed by atoms with E-state index in [1.54, 1.807) is 6.07 Å². The number of halogens is 1. The molecule has 1 aliphatic carbocycles. The molecule has 0 aromatic heterocycles. The number of aryl methyl sites for hydroxylation is 1. The number of nitrogens with two attached hydrogens (primary N) is 1. The molecule has 2 nitrogen and oxygen atoms in total. The highest BCUT2D eigenvalue weighted by Crippen LogP contribution is 2.43. The molecule has 0 radical (unpaired) electrons. The number of carbonyl (C=O) groups excluding carboxylic acids is 1. The lowest BCUT2D eigenvalue weighted by Crippen LogP contribution is -2.39. The second kappa shape index (κ2) is 5.19. The van der Waals surface area contributed by atoms with Crippen LogP contribution in [-0.4, -0.2) is 12.3 Å². The molecule has 98 valence electrons. The van der Waals surface area contributed by atoms with Crippen molar-refractivity contribution in [3.63, 3.8) is 0 Å². The van der Waals surface area contributed by atoms with Crippen LogP contribution in [0.15, 0.2) is 18.2 Å². The molecule has 18 heavy (non-hydrogen) atoms. The molecule has 0 spiro atoms. The number of benzene rings is 1. The Morgan fingerprint density at radius 1 is 1.44 bits per heavy atom. The van der Waals surface area contributed by atoms with Crippen molar-refractivity contribution in [2.45, 2.75) is 39.0 Å². The smallest absolute Gasteiger partial charge is 0.137 e. The molecule has 1 aromatic rings. The van der Waals surface area contributed by atoms with Crippen LogP contribution in [0, 0.1) is 18.2 Å². The number of Topliss-reactive ketones (excluding diaryl/α,β-unsaturated/α-hetero) is 1. The average Bonchev–Trinajstić information content (AvgIpc) is 2.27.